The van der Waals surface area contributed by atoms with Crippen LogP contribution in [0.25, 0.3) is 0 Å². The van der Waals surface area contributed by atoms with Crippen LogP contribution < -0.4 is 4.90 Å². The van der Waals surface area contributed by atoms with E-state index < -0.39 is 41.2 Å². The first kappa shape index (κ1) is 28.1. The Morgan fingerprint density at radius 2 is 1.69 bits per heavy atom. The largest absolute Gasteiger partial charge is 0.416 e. The van der Waals surface area contributed by atoms with Crippen LogP contribution >= 0.6 is 0 Å². The summed E-state index contributed by atoms with van der Waals surface area (Å²) >= 11 is 0. The van der Waals surface area contributed by atoms with Crippen molar-refractivity contribution in [3.8, 4) is 6.07 Å². The molecule has 1 fully saturated rings. The van der Waals surface area contributed by atoms with Gasteiger partial charge in [-0.2, -0.15) is 18.4 Å². The minimum Gasteiger partial charge on any atom is -0.342 e. The van der Waals surface area contributed by atoms with Gasteiger partial charge in [0.05, 0.1) is 17.2 Å². The minimum absolute atomic E-state index is 0.0672. The van der Waals surface area contributed by atoms with Gasteiger partial charge in [0.15, 0.2) is 5.78 Å². The third kappa shape index (κ3) is 5.47. The molecule has 4 rings (SSSR count). The van der Waals surface area contributed by atoms with Crippen LogP contribution in [-0.2, 0) is 20.6 Å². The van der Waals surface area contributed by atoms with Gasteiger partial charge < -0.3 is 4.90 Å². The summed E-state index contributed by atoms with van der Waals surface area (Å²) in [6.45, 7) is 2.83. The number of allylic oxidation sites excluding steroid dienone is 2. The first-order valence-electron chi connectivity index (χ1n) is 13.0. The topological polar surface area (TPSA) is 81.5 Å². The maximum absolute atomic E-state index is 14.2. The number of halogens is 3. The second kappa shape index (κ2) is 11.0. The molecule has 2 unspecified atom stereocenters. The Hall–Kier alpha value is -3.93. The van der Waals surface area contributed by atoms with Crippen molar-refractivity contribution in [1.29, 1.82) is 5.26 Å². The van der Waals surface area contributed by atoms with E-state index in [-0.39, 0.29) is 23.0 Å². The highest BCUT2D eigenvalue weighted by molar-refractivity contribution is 6.15. The number of nitrogens with zero attached hydrogens (tertiary/aromatic N) is 3. The lowest BCUT2D eigenvalue weighted by atomic mass is 9.73. The summed E-state index contributed by atoms with van der Waals surface area (Å²) in [6.07, 6.45) is -0.0965. The SMILES string of the molecule is CC(=O)C1=C(C)N(c2cccc(C(F)(F)F)c2)C(=O)C(C(=O)N(C)C2CCCCC2)C1c1ccc(C#N)cc1. The fourth-order valence-corrected chi connectivity index (χ4v) is 5.82. The molecule has 0 spiro atoms. The fourth-order valence-electron chi connectivity index (χ4n) is 5.82. The van der Waals surface area contributed by atoms with Gasteiger partial charge in [-0.25, -0.2) is 0 Å². The lowest BCUT2D eigenvalue weighted by Gasteiger charge is -2.42. The summed E-state index contributed by atoms with van der Waals surface area (Å²) in [5, 5.41) is 9.25. The van der Waals surface area contributed by atoms with Crippen LogP contribution in [0.15, 0.2) is 59.8 Å². The summed E-state index contributed by atoms with van der Waals surface area (Å²) in [4.78, 5) is 44.1. The van der Waals surface area contributed by atoms with Gasteiger partial charge in [-0.1, -0.05) is 37.5 Å². The molecule has 0 radical (unpaired) electrons. The van der Waals surface area contributed by atoms with Crippen molar-refractivity contribution in [3.05, 3.63) is 76.5 Å². The highest BCUT2D eigenvalue weighted by atomic mass is 19.4. The second-order valence-electron chi connectivity index (χ2n) is 10.2. The standard InChI is InChI=1S/C30H30F3N3O3/c1-18-25(19(2)37)26(21-14-12-20(17-34)13-15-21)27(28(38)35(3)23-9-5-4-6-10-23)29(39)36(18)24-11-7-8-22(16-24)30(31,32)33/h7-8,11-16,23,26-27H,4-6,9-10H2,1-3H3. The van der Waals surface area contributed by atoms with Gasteiger partial charge in [0.25, 0.3) is 0 Å². The molecule has 1 saturated carbocycles. The number of anilines is 1. The van der Waals surface area contributed by atoms with Crippen LogP contribution in [0.4, 0.5) is 18.9 Å². The van der Waals surface area contributed by atoms with E-state index in [2.05, 4.69) is 0 Å². The zero-order valence-electron chi connectivity index (χ0n) is 22.1. The molecule has 9 heteroatoms. The number of amides is 2. The Kier molecular flexibility index (Phi) is 7.96. The van der Waals surface area contributed by atoms with Crippen molar-refractivity contribution < 1.29 is 27.6 Å². The molecule has 6 nitrogen and oxygen atoms in total. The van der Waals surface area contributed by atoms with Gasteiger partial charge in [0.2, 0.25) is 11.8 Å². The van der Waals surface area contributed by atoms with Crippen molar-refractivity contribution in [1.82, 2.24) is 4.90 Å². The van der Waals surface area contributed by atoms with E-state index in [1.54, 1.807) is 36.2 Å². The zero-order valence-corrected chi connectivity index (χ0v) is 22.1. The van der Waals surface area contributed by atoms with Gasteiger partial charge in [-0.05, 0) is 62.6 Å². The van der Waals surface area contributed by atoms with E-state index in [0.717, 1.165) is 49.1 Å². The number of carbonyl (C=O) groups excluding carboxylic acids is 3. The van der Waals surface area contributed by atoms with Crippen molar-refractivity contribution in [2.24, 2.45) is 5.92 Å². The monoisotopic (exact) mass is 537 g/mol. The summed E-state index contributed by atoms with van der Waals surface area (Å²) < 4.78 is 40.6. The summed E-state index contributed by atoms with van der Waals surface area (Å²) in [5.41, 5.74) is 0.214. The first-order chi connectivity index (χ1) is 18.5. The van der Waals surface area contributed by atoms with E-state index in [1.807, 2.05) is 6.07 Å². The Balaban J connectivity index is 1.91. The fraction of sp³-hybridized carbons (Fsp3) is 0.400. The van der Waals surface area contributed by atoms with Gasteiger partial charge >= 0.3 is 6.18 Å². The number of rotatable bonds is 5. The normalized spacial score (nSPS) is 20.5. The lowest BCUT2D eigenvalue weighted by molar-refractivity contribution is -0.143. The predicted molar refractivity (Wildman–Crippen MR) is 139 cm³/mol. The molecule has 1 heterocycles. The van der Waals surface area contributed by atoms with Crippen molar-refractivity contribution in [2.45, 2.75) is 64.1 Å². The summed E-state index contributed by atoms with van der Waals surface area (Å²) in [6, 6.07) is 12.6. The minimum atomic E-state index is -4.64. The molecule has 0 aromatic heterocycles. The van der Waals surface area contributed by atoms with Crippen molar-refractivity contribution in [2.75, 3.05) is 11.9 Å². The number of nitriles is 1. The number of hydrogen-bond donors (Lipinski definition) is 0. The molecule has 0 N–H and O–H groups in total. The molecule has 2 aliphatic rings. The van der Waals surface area contributed by atoms with E-state index in [4.69, 9.17) is 0 Å². The molecule has 1 aliphatic carbocycles. The van der Waals surface area contributed by atoms with Crippen LogP contribution in [0, 0.1) is 17.2 Å². The first-order valence-corrected chi connectivity index (χ1v) is 13.0. The summed E-state index contributed by atoms with van der Waals surface area (Å²) in [5.74, 6) is -3.90. The molecule has 0 bridgehead atoms. The van der Waals surface area contributed by atoms with Gasteiger partial charge in [0, 0.05) is 36.0 Å². The van der Waals surface area contributed by atoms with Gasteiger partial charge in [-0.3, -0.25) is 19.3 Å². The Morgan fingerprint density at radius 1 is 1.05 bits per heavy atom. The summed E-state index contributed by atoms with van der Waals surface area (Å²) in [7, 11) is 1.65. The van der Waals surface area contributed by atoms with Gasteiger partial charge in [-0.15, -0.1) is 0 Å². The van der Waals surface area contributed by atoms with Crippen molar-refractivity contribution >= 4 is 23.3 Å². The number of hydrogen-bond acceptors (Lipinski definition) is 4. The number of benzene rings is 2. The van der Waals surface area contributed by atoms with Crippen LogP contribution in [0.1, 0.15) is 68.6 Å². The Bertz CT molecular complexity index is 1350. The lowest BCUT2D eigenvalue weighted by Crippen LogP contribution is -2.53. The van der Waals surface area contributed by atoms with Crippen LogP contribution in [0.5, 0.6) is 0 Å². The van der Waals surface area contributed by atoms with E-state index in [1.165, 1.54) is 26.0 Å². The Labute approximate surface area is 225 Å². The highest BCUT2D eigenvalue weighted by Gasteiger charge is 2.49. The highest BCUT2D eigenvalue weighted by Crippen LogP contribution is 2.44. The van der Waals surface area contributed by atoms with E-state index in [9.17, 15) is 32.8 Å². The predicted octanol–water partition coefficient (Wildman–Crippen LogP) is 5.98. The molecular weight excluding hydrogens is 507 g/mol. The molecule has 2 aromatic carbocycles. The number of Topliss-reactive ketones (excluding diaryl/α,β-unsaturated/α-hetero) is 1. The molecule has 2 amide bonds. The third-order valence-electron chi connectivity index (χ3n) is 7.80. The second-order valence-corrected chi connectivity index (χ2v) is 10.2. The van der Waals surface area contributed by atoms with Crippen LogP contribution in [-0.4, -0.2) is 35.6 Å². The molecule has 1 aliphatic heterocycles. The maximum Gasteiger partial charge on any atom is 0.416 e. The molecule has 0 saturated heterocycles. The molecule has 2 atom stereocenters. The van der Waals surface area contributed by atoms with Crippen molar-refractivity contribution in [3.63, 3.8) is 0 Å². The molecule has 204 valence electrons. The van der Waals surface area contributed by atoms with E-state index in [0.29, 0.717) is 11.1 Å². The number of alkyl halides is 3. The van der Waals surface area contributed by atoms with Crippen LogP contribution in [0.3, 0.4) is 0 Å². The maximum atomic E-state index is 14.2. The average Bonchev–Trinajstić information content (AvgIpc) is 2.92. The Morgan fingerprint density at radius 3 is 2.26 bits per heavy atom. The number of carbonyl (C=O) groups is 3. The molecular formula is C30H30F3N3O3. The van der Waals surface area contributed by atoms with Gasteiger partial charge in [0.1, 0.15) is 5.92 Å². The van der Waals surface area contributed by atoms with E-state index >= 15 is 0 Å². The smallest absolute Gasteiger partial charge is 0.342 e. The quantitative estimate of drug-likeness (QED) is 0.440. The number of ketones is 1. The average molecular weight is 538 g/mol. The third-order valence-corrected chi connectivity index (χ3v) is 7.80. The zero-order chi connectivity index (χ0) is 28.5. The van der Waals surface area contributed by atoms with Crippen LogP contribution in [0.2, 0.25) is 0 Å². The molecule has 39 heavy (non-hydrogen) atoms. The molecule has 2 aromatic rings.